The van der Waals surface area contributed by atoms with Crippen LogP contribution in [-0.2, 0) is 4.74 Å². The lowest BCUT2D eigenvalue weighted by Crippen LogP contribution is -2.96. The molecule has 1 saturated carbocycles. The fourth-order valence-corrected chi connectivity index (χ4v) is 5.99. The van der Waals surface area contributed by atoms with Gasteiger partial charge in [0.05, 0.1) is 24.9 Å². The van der Waals surface area contributed by atoms with Gasteiger partial charge >= 0.3 is 6.03 Å². The van der Waals surface area contributed by atoms with E-state index in [0.29, 0.717) is 43.5 Å². The summed E-state index contributed by atoms with van der Waals surface area (Å²) in [7, 11) is 0. The van der Waals surface area contributed by atoms with Crippen LogP contribution >= 0.6 is 11.3 Å². The first-order chi connectivity index (χ1) is 17.0. The molecule has 2 amide bonds. The summed E-state index contributed by atoms with van der Waals surface area (Å²) >= 11 is 1.54. The first-order valence-electron chi connectivity index (χ1n) is 12.2. The smallest absolute Gasteiger partial charge is 0.416 e. The van der Waals surface area contributed by atoms with E-state index in [-0.39, 0.29) is 18.2 Å². The highest BCUT2D eigenvalue weighted by Crippen LogP contribution is 2.42. The Morgan fingerprint density at radius 3 is 2.86 bits per heavy atom. The maximum absolute atomic E-state index is 12.8. The van der Waals surface area contributed by atoms with Gasteiger partial charge in [-0.2, -0.15) is 5.26 Å². The van der Waals surface area contributed by atoms with Crippen LogP contribution in [0, 0.1) is 17.2 Å². The number of hydrogen-bond acceptors (Lipinski definition) is 7. The van der Waals surface area contributed by atoms with Crippen molar-refractivity contribution in [3.63, 3.8) is 0 Å². The van der Waals surface area contributed by atoms with Gasteiger partial charge in [-0.3, -0.25) is 10.2 Å². The van der Waals surface area contributed by atoms with Gasteiger partial charge in [0.25, 0.3) is 0 Å². The Morgan fingerprint density at radius 2 is 2.09 bits per heavy atom. The van der Waals surface area contributed by atoms with Crippen LogP contribution in [0.5, 0.6) is 5.75 Å². The van der Waals surface area contributed by atoms with E-state index in [1.807, 2.05) is 42.3 Å². The summed E-state index contributed by atoms with van der Waals surface area (Å²) in [5.41, 5.74) is 3.87. The van der Waals surface area contributed by atoms with Gasteiger partial charge in [0.2, 0.25) is 0 Å². The Morgan fingerprint density at radius 1 is 1.29 bits per heavy atom. The molecular formula is C26H30N5O3S+. The summed E-state index contributed by atoms with van der Waals surface area (Å²) in [6.45, 7) is 6.47. The molecule has 2 aromatic rings. The summed E-state index contributed by atoms with van der Waals surface area (Å²) in [5, 5.41) is 22.1. The molecule has 2 fully saturated rings. The van der Waals surface area contributed by atoms with Crippen molar-refractivity contribution in [1.82, 2.24) is 15.1 Å². The molecule has 35 heavy (non-hydrogen) atoms. The van der Waals surface area contributed by atoms with Crippen LogP contribution in [0.3, 0.4) is 0 Å². The number of allylic oxidation sites excluding steroid dienone is 3. The van der Waals surface area contributed by atoms with Crippen LogP contribution in [0.15, 0.2) is 35.9 Å². The van der Waals surface area contributed by atoms with Crippen molar-refractivity contribution in [2.24, 2.45) is 5.92 Å². The number of rotatable bonds is 5. The van der Waals surface area contributed by atoms with E-state index >= 15 is 0 Å². The lowest BCUT2D eigenvalue weighted by molar-refractivity contribution is -0.606. The third kappa shape index (κ3) is 5.01. The van der Waals surface area contributed by atoms with Gasteiger partial charge in [-0.15, -0.1) is 10.2 Å². The maximum Gasteiger partial charge on any atom is 0.416 e. The molecule has 9 heteroatoms. The van der Waals surface area contributed by atoms with Crippen molar-refractivity contribution in [1.29, 1.82) is 5.26 Å². The second-order valence-electron chi connectivity index (χ2n) is 9.39. The third-order valence-electron chi connectivity index (χ3n) is 6.78. The Labute approximate surface area is 209 Å². The van der Waals surface area contributed by atoms with E-state index in [2.05, 4.69) is 28.4 Å². The first-order valence-corrected chi connectivity index (χ1v) is 13.0. The predicted molar refractivity (Wildman–Crippen MR) is 133 cm³/mol. The minimum absolute atomic E-state index is 0.00260. The second kappa shape index (κ2) is 10.3. The fourth-order valence-electron chi connectivity index (χ4n) is 5.09. The minimum atomic E-state index is -0.00260. The highest BCUT2D eigenvalue weighted by Gasteiger charge is 2.39. The number of benzene rings is 1. The Hall–Kier alpha value is -3.06. The van der Waals surface area contributed by atoms with Crippen LogP contribution in [0.2, 0.25) is 0 Å². The molecule has 0 bridgehead atoms. The summed E-state index contributed by atoms with van der Waals surface area (Å²) in [6.07, 6.45) is 7.25. The lowest BCUT2D eigenvalue weighted by atomic mass is 9.87. The topological polar surface area (TPSA) is 105 Å². The largest absolute Gasteiger partial charge is 0.490 e. The molecule has 2 heterocycles. The van der Waals surface area contributed by atoms with E-state index in [1.165, 1.54) is 16.9 Å². The monoisotopic (exact) mass is 492 g/mol. The van der Waals surface area contributed by atoms with Crippen molar-refractivity contribution in [2.75, 3.05) is 26.3 Å². The summed E-state index contributed by atoms with van der Waals surface area (Å²) in [5.74, 6) is 0.920. The van der Waals surface area contributed by atoms with Gasteiger partial charge in [-0.05, 0) is 44.9 Å². The highest BCUT2D eigenvalue weighted by molar-refractivity contribution is 7.15. The molecule has 3 aliphatic rings. The van der Waals surface area contributed by atoms with Crippen LogP contribution in [0.25, 0.3) is 16.1 Å². The molecule has 2 aliphatic carbocycles. The summed E-state index contributed by atoms with van der Waals surface area (Å²) in [6, 6.07) is 8.18. The van der Waals surface area contributed by atoms with Gasteiger partial charge in [0, 0.05) is 36.6 Å². The number of nitriles is 1. The zero-order valence-corrected chi connectivity index (χ0v) is 20.9. The van der Waals surface area contributed by atoms with Gasteiger partial charge in [0.1, 0.15) is 27.9 Å². The number of carbonyl (C=O) groups excluding carboxylic acids is 1. The lowest BCUT2D eigenvalue weighted by Gasteiger charge is -2.27. The molecule has 0 radical (unpaired) electrons. The van der Waals surface area contributed by atoms with Gasteiger partial charge in [0.15, 0.2) is 0 Å². The molecule has 5 rings (SSSR count). The summed E-state index contributed by atoms with van der Waals surface area (Å²) < 4.78 is 11.1. The number of amides is 2. The zero-order chi connectivity index (χ0) is 24.4. The average molecular weight is 493 g/mol. The Bertz CT molecular complexity index is 1210. The predicted octanol–water partition coefficient (Wildman–Crippen LogP) is 3.37. The number of fused-ring (bicyclic) bond motifs is 1. The standard InChI is InChI=1S/C26H29N5O3S/c1-16(2)34-23-9-6-17(14-18(23)15-27)24-29-30-25(35-24)21-5-3-4-20-19(21)7-8-22(20)28-26(32)31-10-12-33-13-11-31/h3,5-6,9,14,16,20,22H,4,7-8,10-13H2,1-2H3,(H,28,32)/p+1. The Balaban J connectivity index is 1.34. The molecule has 8 nitrogen and oxygen atoms in total. The van der Waals surface area contributed by atoms with Crippen molar-refractivity contribution in [3.05, 3.63) is 46.5 Å². The molecule has 2 unspecified atom stereocenters. The molecule has 1 aliphatic heterocycles. The highest BCUT2D eigenvalue weighted by atomic mass is 32.1. The number of aromatic nitrogens is 2. The third-order valence-corrected chi connectivity index (χ3v) is 7.78. The number of quaternary nitrogens is 1. The van der Waals surface area contributed by atoms with Crippen molar-refractivity contribution >= 4 is 22.9 Å². The molecule has 1 aromatic heterocycles. The van der Waals surface area contributed by atoms with Crippen LogP contribution < -0.4 is 10.1 Å². The second-order valence-corrected chi connectivity index (χ2v) is 10.4. The van der Waals surface area contributed by atoms with Gasteiger partial charge in [-0.25, -0.2) is 4.79 Å². The van der Waals surface area contributed by atoms with Gasteiger partial charge in [-0.1, -0.05) is 29.1 Å². The van der Waals surface area contributed by atoms with Crippen LogP contribution in [0.1, 0.15) is 43.7 Å². The number of ether oxygens (including phenoxy) is 2. The zero-order valence-electron chi connectivity index (χ0n) is 20.1. The molecule has 1 aromatic carbocycles. The molecule has 1 saturated heterocycles. The van der Waals surface area contributed by atoms with E-state index in [1.54, 1.807) is 0 Å². The molecule has 2 N–H and O–H groups in total. The van der Waals surface area contributed by atoms with Crippen molar-refractivity contribution in [3.8, 4) is 22.4 Å². The molecule has 2 atom stereocenters. The molecular weight excluding hydrogens is 462 g/mol. The maximum atomic E-state index is 12.8. The molecule has 0 spiro atoms. The van der Waals surface area contributed by atoms with E-state index in [4.69, 9.17) is 9.47 Å². The van der Waals surface area contributed by atoms with E-state index < -0.39 is 0 Å². The van der Waals surface area contributed by atoms with Gasteiger partial charge < -0.3 is 9.47 Å². The number of carbonyl (C=O) groups is 1. The number of nitrogens with two attached hydrogens (primary N) is 1. The van der Waals surface area contributed by atoms with Crippen molar-refractivity contribution in [2.45, 2.75) is 45.3 Å². The van der Waals surface area contributed by atoms with E-state index in [9.17, 15) is 10.1 Å². The van der Waals surface area contributed by atoms with Crippen LogP contribution in [0.4, 0.5) is 4.79 Å². The summed E-state index contributed by atoms with van der Waals surface area (Å²) in [4.78, 5) is 14.7. The molecule has 182 valence electrons. The van der Waals surface area contributed by atoms with E-state index in [0.717, 1.165) is 40.4 Å². The normalized spacial score (nSPS) is 21.8. The number of hydrogen-bond donors (Lipinski definition) is 1. The Kier molecular flexibility index (Phi) is 6.95. The average Bonchev–Trinajstić information content (AvgIpc) is 3.52. The number of morpholine rings is 1. The number of urea groups is 1. The number of nitrogens with zero attached hydrogens (tertiary/aromatic N) is 4. The SMILES string of the molecule is CC(C)Oc1ccc(-c2nnc(C3=C4CCC([NH2+]C(=O)N5CCOCC5)C4CC=C3)s2)cc1C#N. The fraction of sp³-hybridized carbons (Fsp3) is 0.462. The first kappa shape index (κ1) is 23.7. The van der Waals surface area contributed by atoms with Crippen LogP contribution in [-0.4, -0.2) is 59.6 Å². The minimum Gasteiger partial charge on any atom is -0.490 e. The quantitative estimate of drug-likeness (QED) is 0.686. The number of primary amides is 1. The van der Waals surface area contributed by atoms with Crippen molar-refractivity contribution < 1.29 is 19.6 Å².